The number of carboxylic acids is 1. The first-order chi connectivity index (χ1) is 10.0. The molecule has 0 heterocycles. The SMILES string of the molecule is CCSC1CCC(Nc2cccc(C(=O)O)c2[N+](=O)[O-])C1. The smallest absolute Gasteiger partial charge is 0.342 e. The topological polar surface area (TPSA) is 92.5 Å². The van der Waals surface area contributed by atoms with Crippen LogP contribution in [0.2, 0.25) is 0 Å². The van der Waals surface area contributed by atoms with E-state index in [1.165, 1.54) is 12.1 Å². The molecule has 1 fully saturated rings. The van der Waals surface area contributed by atoms with Crippen molar-refractivity contribution in [3.8, 4) is 0 Å². The Hall–Kier alpha value is -1.76. The second-order valence-corrected chi connectivity index (χ2v) is 6.57. The molecule has 1 saturated carbocycles. The molecule has 0 radical (unpaired) electrons. The molecule has 21 heavy (non-hydrogen) atoms. The predicted molar refractivity (Wildman–Crippen MR) is 83.2 cm³/mol. The molecule has 0 amide bonds. The number of carbonyl (C=O) groups is 1. The molecule has 1 aromatic rings. The van der Waals surface area contributed by atoms with Crippen LogP contribution in [0.15, 0.2) is 18.2 Å². The number of hydrogen-bond acceptors (Lipinski definition) is 5. The van der Waals surface area contributed by atoms with Crippen molar-refractivity contribution in [3.63, 3.8) is 0 Å². The number of nitrogens with zero attached hydrogens (tertiary/aromatic N) is 1. The van der Waals surface area contributed by atoms with Crippen LogP contribution in [0.3, 0.4) is 0 Å². The largest absolute Gasteiger partial charge is 0.477 e. The van der Waals surface area contributed by atoms with Gasteiger partial charge in [-0.15, -0.1) is 0 Å². The first kappa shape index (κ1) is 15.6. The molecule has 2 rings (SSSR count). The Balaban J connectivity index is 2.19. The number of hydrogen-bond donors (Lipinski definition) is 2. The first-order valence-corrected chi connectivity index (χ1v) is 7.96. The minimum absolute atomic E-state index is 0.164. The van der Waals surface area contributed by atoms with Crippen molar-refractivity contribution in [3.05, 3.63) is 33.9 Å². The Morgan fingerprint density at radius 1 is 1.52 bits per heavy atom. The molecule has 0 aromatic heterocycles. The van der Waals surface area contributed by atoms with E-state index in [1.54, 1.807) is 6.07 Å². The molecule has 114 valence electrons. The van der Waals surface area contributed by atoms with Gasteiger partial charge in [0.1, 0.15) is 11.3 Å². The van der Waals surface area contributed by atoms with Crippen LogP contribution in [-0.4, -0.2) is 33.0 Å². The highest BCUT2D eigenvalue weighted by molar-refractivity contribution is 7.99. The molecule has 6 nitrogen and oxygen atoms in total. The van der Waals surface area contributed by atoms with Crippen molar-refractivity contribution in [1.29, 1.82) is 0 Å². The highest BCUT2D eigenvalue weighted by Crippen LogP contribution is 2.35. The Morgan fingerprint density at radius 2 is 2.29 bits per heavy atom. The van der Waals surface area contributed by atoms with Crippen molar-refractivity contribution < 1.29 is 14.8 Å². The summed E-state index contributed by atoms with van der Waals surface area (Å²) in [6, 6.07) is 4.53. The number of nitro benzene ring substituents is 1. The molecule has 0 bridgehead atoms. The van der Waals surface area contributed by atoms with Gasteiger partial charge in [0.15, 0.2) is 0 Å². The van der Waals surface area contributed by atoms with Crippen LogP contribution < -0.4 is 5.32 Å². The molecular weight excluding hydrogens is 292 g/mol. The van der Waals surface area contributed by atoms with E-state index in [4.69, 9.17) is 5.11 Å². The van der Waals surface area contributed by atoms with Gasteiger partial charge in [-0.1, -0.05) is 13.0 Å². The van der Waals surface area contributed by atoms with Gasteiger partial charge in [0.2, 0.25) is 0 Å². The summed E-state index contributed by atoms with van der Waals surface area (Å²) in [4.78, 5) is 21.7. The zero-order valence-electron chi connectivity index (χ0n) is 11.7. The number of anilines is 1. The summed E-state index contributed by atoms with van der Waals surface area (Å²) in [6.07, 6.45) is 2.99. The lowest BCUT2D eigenvalue weighted by molar-refractivity contribution is -0.384. The van der Waals surface area contributed by atoms with Gasteiger partial charge in [-0.3, -0.25) is 10.1 Å². The van der Waals surface area contributed by atoms with E-state index < -0.39 is 10.9 Å². The lowest BCUT2D eigenvalue weighted by Crippen LogP contribution is -2.18. The van der Waals surface area contributed by atoms with Gasteiger partial charge in [-0.25, -0.2) is 4.79 Å². The summed E-state index contributed by atoms with van der Waals surface area (Å²) in [6.45, 7) is 2.12. The fourth-order valence-electron chi connectivity index (χ4n) is 2.71. The fourth-order valence-corrected chi connectivity index (χ4v) is 3.85. The number of rotatable bonds is 6. The number of thioether (sulfide) groups is 1. The summed E-state index contributed by atoms with van der Waals surface area (Å²) < 4.78 is 0. The monoisotopic (exact) mass is 310 g/mol. The predicted octanol–water partition coefficient (Wildman–Crippen LogP) is 3.38. The van der Waals surface area contributed by atoms with Gasteiger partial charge in [0.05, 0.1) is 4.92 Å². The third-order valence-electron chi connectivity index (χ3n) is 3.60. The van der Waals surface area contributed by atoms with Crippen molar-refractivity contribution >= 4 is 29.1 Å². The Labute approximate surface area is 127 Å². The van der Waals surface area contributed by atoms with Crippen LogP contribution in [0, 0.1) is 10.1 Å². The number of benzene rings is 1. The van der Waals surface area contributed by atoms with Gasteiger partial charge < -0.3 is 10.4 Å². The van der Waals surface area contributed by atoms with Gasteiger partial charge in [-0.2, -0.15) is 11.8 Å². The Morgan fingerprint density at radius 3 is 2.90 bits per heavy atom. The van der Waals surface area contributed by atoms with E-state index in [0.29, 0.717) is 10.9 Å². The Kier molecular flexibility index (Phi) is 5.06. The number of carboxylic acid groups (broad SMARTS) is 1. The van der Waals surface area contributed by atoms with Crippen molar-refractivity contribution in [2.24, 2.45) is 0 Å². The molecule has 7 heteroatoms. The molecule has 2 unspecified atom stereocenters. The average molecular weight is 310 g/mol. The fraction of sp³-hybridized carbons (Fsp3) is 0.500. The molecule has 0 aliphatic heterocycles. The first-order valence-electron chi connectivity index (χ1n) is 6.91. The molecule has 1 aliphatic carbocycles. The standard InChI is InChI=1S/C14H18N2O4S/c1-2-21-10-7-6-9(8-10)15-12-5-3-4-11(14(17)18)13(12)16(19)20/h3-5,9-10,15H,2,6-8H2,1H3,(H,17,18). The summed E-state index contributed by atoms with van der Waals surface area (Å²) in [5.74, 6) is -0.220. The molecule has 0 spiro atoms. The van der Waals surface area contributed by atoms with Crippen molar-refractivity contribution in [2.45, 2.75) is 37.5 Å². The number of nitrogens with one attached hydrogen (secondary N) is 1. The zero-order chi connectivity index (χ0) is 15.4. The molecule has 2 N–H and O–H groups in total. The van der Waals surface area contributed by atoms with E-state index in [0.717, 1.165) is 25.0 Å². The summed E-state index contributed by atoms with van der Waals surface area (Å²) >= 11 is 1.90. The lowest BCUT2D eigenvalue weighted by atomic mass is 10.1. The maximum Gasteiger partial charge on any atom is 0.342 e. The molecular formula is C14H18N2O4S. The maximum atomic E-state index is 11.2. The average Bonchev–Trinajstić information content (AvgIpc) is 2.86. The highest BCUT2D eigenvalue weighted by atomic mass is 32.2. The van der Waals surface area contributed by atoms with E-state index in [9.17, 15) is 14.9 Å². The van der Waals surface area contributed by atoms with Crippen LogP contribution in [0.4, 0.5) is 11.4 Å². The summed E-state index contributed by atoms with van der Waals surface area (Å²) in [5, 5.41) is 24.0. The summed E-state index contributed by atoms with van der Waals surface area (Å²) in [5.41, 5.74) is -0.328. The lowest BCUT2D eigenvalue weighted by Gasteiger charge is -2.15. The normalized spacial score (nSPS) is 21.2. The Bertz CT molecular complexity index is 550. The summed E-state index contributed by atoms with van der Waals surface area (Å²) in [7, 11) is 0. The number of para-hydroxylation sites is 1. The van der Waals surface area contributed by atoms with E-state index in [-0.39, 0.29) is 17.3 Å². The molecule has 1 aromatic carbocycles. The van der Waals surface area contributed by atoms with Gasteiger partial charge in [0.25, 0.3) is 0 Å². The number of nitro groups is 1. The number of aromatic carboxylic acids is 1. The second kappa shape index (κ2) is 6.80. The van der Waals surface area contributed by atoms with Gasteiger partial charge in [-0.05, 0) is 37.1 Å². The van der Waals surface area contributed by atoms with E-state index in [2.05, 4.69) is 12.2 Å². The van der Waals surface area contributed by atoms with Gasteiger partial charge >= 0.3 is 11.7 Å². The van der Waals surface area contributed by atoms with Crippen molar-refractivity contribution in [1.82, 2.24) is 0 Å². The molecule has 1 aliphatic rings. The van der Waals surface area contributed by atoms with E-state index >= 15 is 0 Å². The van der Waals surface area contributed by atoms with E-state index in [1.807, 2.05) is 11.8 Å². The third-order valence-corrected chi connectivity index (χ3v) is 4.83. The van der Waals surface area contributed by atoms with Crippen LogP contribution >= 0.6 is 11.8 Å². The zero-order valence-corrected chi connectivity index (χ0v) is 12.6. The van der Waals surface area contributed by atoms with Crippen LogP contribution in [0.5, 0.6) is 0 Å². The van der Waals surface area contributed by atoms with Crippen LogP contribution in [-0.2, 0) is 0 Å². The molecule has 2 atom stereocenters. The maximum absolute atomic E-state index is 11.2. The van der Waals surface area contributed by atoms with Crippen molar-refractivity contribution in [2.75, 3.05) is 11.1 Å². The third kappa shape index (κ3) is 3.66. The van der Waals surface area contributed by atoms with Crippen LogP contribution in [0.25, 0.3) is 0 Å². The quantitative estimate of drug-likeness (QED) is 0.618. The minimum Gasteiger partial charge on any atom is -0.477 e. The van der Waals surface area contributed by atoms with Crippen LogP contribution in [0.1, 0.15) is 36.5 Å². The highest BCUT2D eigenvalue weighted by Gasteiger charge is 2.29. The van der Waals surface area contributed by atoms with Gasteiger partial charge in [0, 0.05) is 11.3 Å². The molecule has 0 saturated heterocycles. The minimum atomic E-state index is -1.28. The second-order valence-electron chi connectivity index (χ2n) is 5.00.